The first kappa shape index (κ1) is 22.5. The zero-order chi connectivity index (χ0) is 21.1. The summed E-state index contributed by atoms with van der Waals surface area (Å²) in [6.45, 7) is 16.7. The predicted octanol–water partition coefficient (Wildman–Crippen LogP) is 5.26. The smallest absolute Gasteiger partial charge is 0.410 e. The molecule has 2 saturated heterocycles. The number of ether oxygens (including phenoxy) is 1. The number of nitrogens with zero attached hydrogens (tertiary/aromatic N) is 2. The van der Waals surface area contributed by atoms with Crippen LogP contribution in [-0.4, -0.2) is 61.2 Å². The van der Waals surface area contributed by atoms with Gasteiger partial charge in [-0.05, 0) is 45.2 Å². The van der Waals surface area contributed by atoms with Gasteiger partial charge < -0.3 is 14.2 Å². The summed E-state index contributed by atoms with van der Waals surface area (Å²) in [4.78, 5) is 13.8. The highest BCUT2D eigenvalue weighted by Gasteiger charge is 2.68. The number of carbonyl (C=O) groups is 1. The van der Waals surface area contributed by atoms with Crippen LogP contribution in [0, 0.1) is 5.41 Å². The van der Waals surface area contributed by atoms with Gasteiger partial charge in [0, 0.05) is 18.5 Å². The van der Waals surface area contributed by atoms with E-state index in [2.05, 4.69) is 0 Å². The Kier molecular flexibility index (Phi) is 5.54. The highest BCUT2D eigenvalue weighted by molar-refractivity contribution is 6.77. The van der Waals surface area contributed by atoms with Gasteiger partial charge in [-0.2, -0.15) is 13.2 Å². The van der Waals surface area contributed by atoms with Gasteiger partial charge in [-0.1, -0.05) is 33.9 Å². The zero-order valence-corrected chi connectivity index (χ0v) is 19.0. The molecule has 2 heterocycles. The molecule has 2 aliphatic heterocycles. The van der Waals surface area contributed by atoms with E-state index in [1.165, 1.54) is 0 Å². The molecule has 2 aliphatic rings. The number of hydrogen-bond acceptors (Lipinski definition) is 3. The van der Waals surface area contributed by atoms with Gasteiger partial charge >= 0.3 is 12.3 Å². The van der Waals surface area contributed by atoms with Crippen molar-refractivity contribution in [3.63, 3.8) is 0 Å². The van der Waals surface area contributed by atoms with Gasteiger partial charge in [-0.25, -0.2) is 4.79 Å². The van der Waals surface area contributed by atoms with Crippen molar-refractivity contribution in [1.82, 2.24) is 9.47 Å². The van der Waals surface area contributed by atoms with Crippen LogP contribution in [0.5, 0.6) is 0 Å². The standard InChI is InChI=1S/C19H35F3N2O2Si/c1-16(2,3)26-15(25)23-11-9-18(10-12-23)13-24(14(18)19(20,21)22)27(7,8)17(4,5)6/h14H,9-13H2,1-8H3. The summed E-state index contributed by atoms with van der Waals surface area (Å²) in [6.07, 6.45) is -3.92. The second-order valence-corrected chi connectivity index (χ2v) is 15.9. The molecule has 2 rings (SSSR count). The lowest BCUT2D eigenvalue weighted by atomic mass is 9.66. The van der Waals surface area contributed by atoms with E-state index in [1.54, 1.807) is 30.2 Å². The second-order valence-electron chi connectivity index (χ2n) is 10.7. The van der Waals surface area contributed by atoms with E-state index >= 15 is 0 Å². The molecule has 1 atom stereocenters. The van der Waals surface area contributed by atoms with Gasteiger partial charge in [0.2, 0.25) is 0 Å². The van der Waals surface area contributed by atoms with E-state index in [1.807, 2.05) is 33.9 Å². The molecule has 1 unspecified atom stereocenters. The zero-order valence-electron chi connectivity index (χ0n) is 18.0. The molecule has 8 heteroatoms. The Bertz CT molecular complexity index is 571. The van der Waals surface area contributed by atoms with Crippen molar-refractivity contribution in [1.29, 1.82) is 0 Å². The molecule has 158 valence electrons. The summed E-state index contributed by atoms with van der Waals surface area (Å²) >= 11 is 0. The third kappa shape index (κ3) is 4.31. The molecule has 1 spiro atoms. The fourth-order valence-electron chi connectivity index (χ4n) is 4.10. The van der Waals surface area contributed by atoms with Crippen molar-refractivity contribution in [3.05, 3.63) is 0 Å². The van der Waals surface area contributed by atoms with Crippen molar-refractivity contribution < 1.29 is 22.7 Å². The fraction of sp³-hybridized carbons (Fsp3) is 0.947. The van der Waals surface area contributed by atoms with Gasteiger partial charge in [0.25, 0.3) is 0 Å². The van der Waals surface area contributed by atoms with Gasteiger partial charge in [0.05, 0.1) is 0 Å². The molecule has 0 aromatic carbocycles. The average molecular weight is 409 g/mol. The summed E-state index contributed by atoms with van der Waals surface area (Å²) in [5.41, 5.74) is -1.37. The van der Waals surface area contributed by atoms with E-state index in [0.29, 0.717) is 32.5 Å². The predicted molar refractivity (Wildman–Crippen MR) is 103 cm³/mol. The first-order valence-electron chi connectivity index (χ1n) is 9.72. The Balaban J connectivity index is 2.15. The topological polar surface area (TPSA) is 32.8 Å². The van der Waals surface area contributed by atoms with Crippen molar-refractivity contribution in [3.8, 4) is 0 Å². The quantitative estimate of drug-likeness (QED) is 0.555. The number of hydrogen-bond donors (Lipinski definition) is 0. The number of halogens is 3. The van der Waals surface area contributed by atoms with Crippen molar-refractivity contribution in [2.75, 3.05) is 19.6 Å². The van der Waals surface area contributed by atoms with Crippen molar-refractivity contribution >= 4 is 14.3 Å². The van der Waals surface area contributed by atoms with Crippen LogP contribution < -0.4 is 0 Å². The number of likely N-dealkylation sites (tertiary alicyclic amines) is 1. The molecule has 27 heavy (non-hydrogen) atoms. The molecular formula is C19H35F3N2O2Si. The first-order valence-corrected chi connectivity index (χ1v) is 12.7. The average Bonchev–Trinajstić information content (AvgIpc) is 2.40. The third-order valence-corrected chi connectivity index (χ3v) is 12.2. The largest absolute Gasteiger partial charge is 0.444 e. The van der Waals surface area contributed by atoms with Crippen LogP contribution >= 0.6 is 0 Å². The highest BCUT2D eigenvalue weighted by Crippen LogP contribution is 2.57. The number of amides is 1. The summed E-state index contributed by atoms with van der Waals surface area (Å²) in [7, 11) is -2.27. The molecule has 0 aromatic rings. The number of alkyl halides is 3. The lowest BCUT2D eigenvalue weighted by Crippen LogP contribution is -2.79. The summed E-state index contributed by atoms with van der Waals surface area (Å²) in [5, 5.41) is -0.144. The molecule has 2 fully saturated rings. The Hall–Kier alpha value is -0.763. The first-order chi connectivity index (χ1) is 11.9. The van der Waals surface area contributed by atoms with Gasteiger partial charge in [-0.3, -0.25) is 0 Å². The Labute approximate surface area is 162 Å². The van der Waals surface area contributed by atoms with Crippen LogP contribution in [0.3, 0.4) is 0 Å². The summed E-state index contributed by atoms with van der Waals surface area (Å²) in [5.74, 6) is 0. The van der Waals surface area contributed by atoms with Gasteiger partial charge in [-0.15, -0.1) is 0 Å². The third-order valence-electron chi connectivity index (χ3n) is 6.65. The van der Waals surface area contributed by atoms with Gasteiger partial charge in [0.1, 0.15) is 19.9 Å². The van der Waals surface area contributed by atoms with Crippen molar-refractivity contribution in [2.24, 2.45) is 5.41 Å². The maximum atomic E-state index is 14.1. The van der Waals surface area contributed by atoms with Crippen LogP contribution in [0.4, 0.5) is 18.0 Å². The van der Waals surface area contributed by atoms with Crippen LogP contribution in [0.15, 0.2) is 0 Å². The van der Waals surface area contributed by atoms with Crippen LogP contribution in [0.1, 0.15) is 54.4 Å². The molecule has 0 N–H and O–H groups in total. The SMILES string of the molecule is CC(C)(C)OC(=O)N1CCC2(CC1)CN([Si](C)(C)C(C)(C)C)C2C(F)(F)F. The molecule has 0 saturated carbocycles. The normalized spacial score (nSPS) is 24.7. The van der Waals surface area contributed by atoms with Crippen LogP contribution in [0.2, 0.25) is 18.1 Å². The lowest BCUT2D eigenvalue weighted by molar-refractivity contribution is -0.252. The Morgan fingerprint density at radius 1 is 1.04 bits per heavy atom. The minimum atomic E-state index is -4.25. The molecule has 0 radical (unpaired) electrons. The molecule has 4 nitrogen and oxygen atoms in total. The lowest BCUT2D eigenvalue weighted by Gasteiger charge is -2.66. The molecule has 0 aliphatic carbocycles. The second kappa shape index (κ2) is 6.64. The Morgan fingerprint density at radius 2 is 1.52 bits per heavy atom. The minimum absolute atomic E-state index is 0.144. The van der Waals surface area contributed by atoms with E-state index in [9.17, 15) is 18.0 Å². The van der Waals surface area contributed by atoms with E-state index in [4.69, 9.17) is 4.74 Å². The number of carbonyl (C=O) groups excluding carboxylic acids is 1. The molecule has 0 aromatic heterocycles. The summed E-state index contributed by atoms with van der Waals surface area (Å²) in [6, 6.07) is -1.40. The van der Waals surface area contributed by atoms with Gasteiger partial charge in [0.15, 0.2) is 0 Å². The van der Waals surface area contributed by atoms with E-state index in [0.717, 1.165) is 0 Å². The molecule has 1 amide bonds. The summed E-state index contributed by atoms with van der Waals surface area (Å²) < 4.78 is 49.3. The maximum Gasteiger partial charge on any atom is 0.410 e. The maximum absolute atomic E-state index is 14.1. The van der Waals surface area contributed by atoms with E-state index < -0.39 is 37.6 Å². The molecule has 0 bridgehead atoms. The minimum Gasteiger partial charge on any atom is -0.444 e. The van der Waals surface area contributed by atoms with Crippen molar-refractivity contribution in [2.45, 2.75) is 90.3 Å². The number of piperidine rings is 1. The number of rotatable bonds is 1. The molecular weight excluding hydrogens is 373 g/mol. The Morgan fingerprint density at radius 3 is 1.89 bits per heavy atom. The highest BCUT2D eigenvalue weighted by atomic mass is 28.3. The monoisotopic (exact) mass is 408 g/mol. The van der Waals surface area contributed by atoms with Crippen LogP contribution in [-0.2, 0) is 4.74 Å². The van der Waals surface area contributed by atoms with Crippen LogP contribution in [0.25, 0.3) is 0 Å². The fourth-order valence-corrected chi connectivity index (χ4v) is 6.74. The van der Waals surface area contributed by atoms with E-state index in [-0.39, 0.29) is 5.04 Å².